The molecule has 3 N–H and O–H groups in total. The second kappa shape index (κ2) is 6.00. The summed E-state index contributed by atoms with van der Waals surface area (Å²) in [6.07, 6.45) is 5.21. The molecule has 0 saturated heterocycles. The molecule has 2 rings (SSSR count). The highest BCUT2D eigenvalue weighted by Gasteiger charge is 2.25. The van der Waals surface area contributed by atoms with Gasteiger partial charge in [-0.3, -0.25) is 9.89 Å². The Kier molecular flexibility index (Phi) is 4.36. The van der Waals surface area contributed by atoms with Gasteiger partial charge in [-0.25, -0.2) is 0 Å². The smallest absolute Gasteiger partial charge is 0.272 e. The summed E-state index contributed by atoms with van der Waals surface area (Å²) in [5.74, 6) is -0.195. The van der Waals surface area contributed by atoms with Gasteiger partial charge in [0.25, 0.3) is 5.91 Å². The standard InChI is InChI=1S/C13H21N3O2/c1-2-5-9-8-11(16-15-9)13(18)14-10-6-3-4-7-12(10)17/h8,10,12,17H,2-7H2,1H3,(H,14,18)(H,15,16). The highest BCUT2D eigenvalue weighted by molar-refractivity contribution is 5.92. The minimum Gasteiger partial charge on any atom is -0.391 e. The number of hydrogen-bond donors (Lipinski definition) is 3. The zero-order valence-electron chi connectivity index (χ0n) is 10.8. The Hall–Kier alpha value is -1.36. The number of aryl methyl sites for hydroxylation is 1. The molecule has 0 bridgehead atoms. The zero-order valence-corrected chi connectivity index (χ0v) is 10.8. The Morgan fingerprint density at radius 1 is 1.56 bits per heavy atom. The number of carbonyl (C=O) groups is 1. The number of nitrogens with zero attached hydrogens (tertiary/aromatic N) is 1. The van der Waals surface area contributed by atoms with Gasteiger partial charge in [-0.1, -0.05) is 26.2 Å². The van der Waals surface area contributed by atoms with E-state index < -0.39 is 6.10 Å². The lowest BCUT2D eigenvalue weighted by molar-refractivity contribution is 0.0714. The van der Waals surface area contributed by atoms with Crippen LogP contribution in [0.5, 0.6) is 0 Å². The van der Waals surface area contributed by atoms with E-state index in [0.29, 0.717) is 5.69 Å². The molecule has 0 aromatic carbocycles. The largest absolute Gasteiger partial charge is 0.391 e. The number of aromatic amines is 1. The number of hydrogen-bond acceptors (Lipinski definition) is 3. The fourth-order valence-electron chi connectivity index (χ4n) is 2.40. The van der Waals surface area contributed by atoms with Crippen molar-refractivity contribution in [3.63, 3.8) is 0 Å². The molecule has 0 spiro atoms. The van der Waals surface area contributed by atoms with Crippen molar-refractivity contribution >= 4 is 5.91 Å². The summed E-state index contributed by atoms with van der Waals surface area (Å²) in [5.41, 5.74) is 1.39. The molecule has 1 heterocycles. The van der Waals surface area contributed by atoms with Gasteiger partial charge in [0.15, 0.2) is 0 Å². The molecule has 1 aromatic heterocycles. The normalized spacial score (nSPS) is 23.9. The summed E-state index contributed by atoms with van der Waals surface area (Å²) >= 11 is 0. The molecule has 0 radical (unpaired) electrons. The van der Waals surface area contributed by atoms with E-state index in [4.69, 9.17) is 0 Å². The van der Waals surface area contributed by atoms with Gasteiger partial charge in [0, 0.05) is 5.69 Å². The number of amides is 1. The Balaban J connectivity index is 1.93. The number of aliphatic hydroxyl groups excluding tert-OH is 1. The van der Waals surface area contributed by atoms with Gasteiger partial charge in [0.1, 0.15) is 5.69 Å². The molecule has 5 nitrogen and oxygen atoms in total. The van der Waals surface area contributed by atoms with Gasteiger partial charge < -0.3 is 10.4 Å². The predicted octanol–water partition coefficient (Wildman–Crippen LogP) is 1.40. The van der Waals surface area contributed by atoms with Gasteiger partial charge in [-0.15, -0.1) is 0 Å². The van der Waals surface area contributed by atoms with E-state index in [2.05, 4.69) is 22.4 Å². The molecule has 2 unspecified atom stereocenters. The van der Waals surface area contributed by atoms with E-state index in [1.807, 2.05) is 0 Å². The molecule has 0 aliphatic heterocycles. The van der Waals surface area contributed by atoms with Crippen LogP contribution < -0.4 is 5.32 Å². The maximum absolute atomic E-state index is 12.0. The SMILES string of the molecule is CCCc1cc(C(=O)NC2CCCCC2O)n[nH]1. The summed E-state index contributed by atoms with van der Waals surface area (Å²) in [5, 5.41) is 19.5. The predicted molar refractivity (Wildman–Crippen MR) is 68.3 cm³/mol. The lowest BCUT2D eigenvalue weighted by Gasteiger charge is -2.27. The van der Waals surface area contributed by atoms with Crippen LogP contribution in [-0.2, 0) is 6.42 Å². The molecule has 2 atom stereocenters. The fraction of sp³-hybridized carbons (Fsp3) is 0.692. The van der Waals surface area contributed by atoms with Crippen molar-refractivity contribution < 1.29 is 9.90 Å². The third kappa shape index (κ3) is 3.10. The number of aliphatic hydroxyl groups is 1. The molecule has 18 heavy (non-hydrogen) atoms. The van der Waals surface area contributed by atoms with Crippen molar-refractivity contribution in [2.24, 2.45) is 0 Å². The molecular formula is C13H21N3O2. The van der Waals surface area contributed by atoms with E-state index in [1.165, 1.54) is 0 Å². The highest BCUT2D eigenvalue weighted by Crippen LogP contribution is 2.18. The maximum Gasteiger partial charge on any atom is 0.272 e. The van der Waals surface area contributed by atoms with Crippen LogP contribution in [0, 0.1) is 0 Å². The summed E-state index contributed by atoms with van der Waals surface area (Å²) in [6, 6.07) is 1.66. The number of H-pyrrole nitrogens is 1. The van der Waals surface area contributed by atoms with Crippen molar-refractivity contribution in [2.75, 3.05) is 0 Å². The zero-order chi connectivity index (χ0) is 13.0. The summed E-state index contributed by atoms with van der Waals surface area (Å²) < 4.78 is 0. The van der Waals surface area contributed by atoms with Crippen LogP contribution >= 0.6 is 0 Å². The number of rotatable bonds is 4. The average Bonchev–Trinajstić information content (AvgIpc) is 2.81. The molecular weight excluding hydrogens is 230 g/mol. The van der Waals surface area contributed by atoms with Crippen molar-refractivity contribution in [3.05, 3.63) is 17.5 Å². The first-order chi connectivity index (χ1) is 8.70. The van der Waals surface area contributed by atoms with Crippen molar-refractivity contribution in [2.45, 2.75) is 57.6 Å². The summed E-state index contributed by atoms with van der Waals surface area (Å²) in [6.45, 7) is 2.08. The van der Waals surface area contributed by atoms with Crippen LogP contribution in [0.1, 0.15) is 55.2 Å². The second-order valence-electron chi connectivity index (χ2n) is 4.96. The third-order valence-corrected chi connectivity index (χ3v) is 3.43. The van der Waals surface area contributed by atoms with E-state index >= 15 is 0 Å². The summed E-state index contributed by atoms with van der Waals surface area (Å²) in [7, 11) is 0. The van der Waals surface area contributed by atoms with E-state index in [0.717, 1.165) is 44.2 Å². The Morgan fingerprint density at radius 3 is 3.06 bits per heavy atom. The molecule has 100 valence electrons. The van der Waals surface area contributed by atoms with Gasteiger partial charge in [0.2, 0.25) is 0 Å². The van der Waals surface area contributed by atoms with Gasteiger partial charge in [0.05, 0.1) is 12.1 Å². The first-order valence-corrected chi connectivity index (χ1v) is 6.74. The van der Waals surface area contributed by atoms with E-state index in [-0.39, 0.29) is 11.9 Å². The first-order valence-electron chi connectivity index (χ1n) is 6.74. The average molecular weight is 251 g/mol. The Labute approximate surface area is 107 Å². The van der Waals surface area contributed by atoms with Crippen LogP contribution in [0.2, 0.25) is 0 Å². The molecule has 5 heteroatoms. The molecule has 1 saturated carbocycles. The first kappa shape index (κ1) is 13.1. The fourth-order valence-corrected chi connectivity index (χ4v) is 2.40. The van der Waals surface area contributed by atoms with Crippen molar-refractivity contribution in [3.8, 4) is 0 Å². The van der Waals surface area contributed by atoms with E-state index in [9.17, 15) is 9.90 Å². The summed E-state index contributed by atoms with van der Waals surface area (Å²) in [4.78, 5) is 12.0. The minimum absolute atomic E-state index is 0.127. The van der Waals surface area contributed by atoms with Crippen molar-refractivity contribution in [1.29, 1.82) is 0 Å². The highest BCUT2D eigenvalue weighted by atomic mass is 16.3. The topological polar surface area (TPSA) is 78.0 Å². The Morgan fingerprint density at radius 2 is 2.33 bits per heavy atom. The molecule has 1 aromatic rings. The monoisotopic (exact) mass is 251 g/mol. The quantitative estimate of drug-likeness (QED) is 0.756. The van der Waals surface area contributed by atoms with Crippen LogP contribution in [0.4, 0.5) is 0 Å². The minimum atomic E-state index is -0.420. The third-order valence-electron chi connectivity index (χ3n) is 3.43. The van der Waals surface area contributed by atoms with Crippen LogP contribution in [0.3, 0.4) is 0 Å². The van der Waals surface area contributed by atoms with Crippen LogP contribution in [0.15, 0.2) is 6.07 Å². The molecule has 1 aliphatic carbocycles. The molecule has 1 fully saturated rings. The van der Waals surface area contributed by atoms with Gasteiger partial charge in [-0.2, -0.15) is 5.10 Å². The van der Waals surface area contributed by atoms with Crippen molar-refractivity contribution in [1.82, 2.24) is 15.5 Å². The lowest BCUT2D eigenvalue weighted by atomic mass is 9.92. The lowest BCUT2D eigenvalue weighted by Crippen LogP contribution is -2.45. The second-order valence-corrected chi connectivity index (χ2v) is 4.96. The van der Waals surface area contributed by atoms with Crippen LogP contribution in [0.25, 0.3) is 0 Å². The molecule has 1 aliphatic rings. The number of nitrogens with one attached hydrogen (secondary N) is 2. The van der Waals surface area contributed by atoms with E-state index in [1.54, 1.807) is 6.07 Å². The van der Waals surface area contributed by atoms with Gasteiger partial charge in [-0.05, 0) is 25.3 Å². The number of carbonyl (C=O) groups excluding carboxylic acids is 1. The van der Waals surface area contributed by atoms with Gasteiger partial charge >= 0.3 is 0 Å². The Bertz CT molecular complexity index is 403. The maximum atomic E-state index is 12.0. The van der Waals surface area contributed by atoms with Crippen LogP contribution in [-0.4, -0.2) is 33.4 Å². The number of aromatic nitrogens is 2. The molecule has 1 amide bonds.